The second-order valence-corrected chi connectivity index (χ2v) is 8.32. The average Bonchev–Trinajstić information content (AvgIpc) is 2.68. The summed E-state index contributed by atoms with van der Waals surface area (Å²) in [6.45, 7) is 0. The Labute approximate surface area is 158 Å². The van der Waals surface area contributed by atoms with Crippen molar-refractivity contribution >= 4 is 15.9 Å². The maximum Gasteiger partial charge on any atom is 0.265 e. The highest BCUT2D eigenvalue weighted by Crippen LogP contribution is 2.31. The van der Waals surface area contributed by atoms with Gasteiger partial charge in [-0.2, -0.15) is 0 Å². The average molecular weight is 390 g/mol. The van der Waals surface area contributed by atoms with Crippen molar-refractivity contribution in [2.75, 3.05) is 0 Å². The van der Waals surface area contributed by atoms with E-state index in [1.165, 1.54) is 24.3 Å². The van der Waals surface area contributed by atoms with Crippen molar-refractivity contribution in [2.45, 2.75) is 36.6 Å². The molecule has 0 radical (unpaired) electrons. The summed E-state index contributed by atoms with van der Waals surface area (Å²) in [4.78, 5) is 11.5. The third-order valence-electron chi connectivity index (χ3n) is 4.73. The molecule has 1 saturated carbocycles. The van der Waals surface area contributed by atoms with E-state index in [1.54, 1.807) is 12.1 Å². The topological polar surface area (TPSA) is 110 Å². The van der Waals surface area contributed by atoms with E-state index in [1.807, 2.05) is 18.2 Å². The number of rotatable bonds is 6. The van der Waals surface area contributed by atoms with Crippen LogP contribution in [-0.4, -0.2) is 30.0 Å². The normalized spacial score (nSPS) is 20.4. The van der Waals surface area contributed by atoms with Crippen LogP contribution in [0.15, 0.2) is 59.5 Å². The smallest absolute Gasteiger partial charge is 0.265 e. The molecule has 8 heteroatoms. The summed E-state index contributed by atoms with van der Waals surface area (Å²) < 4.78 is 31.4. The number of nitrogens with two attached hydrogens (primary N) is 1. The largest absolute Gasteiger partial charge is 0.457 e. The van der Waals surface area contributed by atoms with E-state index < -0.39 is 27.9 Å². The first-order valence-electron chi connectivity index (χ1n) is 8.75. The van der Waals surface area contributed by atoms with Gasteiger partial charge in [0.05, 0.1) is 16.9 Å². The SMILES string of the molecule is NC(=O)C1CCCCC1N(O)S(=O)(=O)c1ccc(Oc2ccccc2)cc1. The monoisotopic (exact) mass is 390 g/mol. The number of para-hydroxylation sites is 1. The number of carbonyl (C=O) groups excluding carboxylic acids is 1. The predicted octanol–water partition coefficient (Wildman–Crippen LogP) is 2.90. The molecule has 2 atom stereocenters. The van der Waals surface area contributed by atoms with Crippen molar-refractivity contribution in [1.29, 1.82) is 0 Å². The lowest BCUT2D eigenvalue weighted by Gasteiger charge is -2.33. The third-order valence-corrected chi connectivity index (χ3v) is 6.36. The molecular formula is C19H22N2O5S. The molecule has 1 amide bonds. The fraction of sp³-hybridized carbons (Fsp3) is 0.316. The number of sulfonamides is 1. The zero-order valence-corrected chi connectivity index (χ0v) is 15.5. The van der Waals surface area contributed by atoms with Gasteiger partial charge in [0, 0.05) is 0 Å². The zero-order chi connectivity index (χ0) is 19.4. The quantitative estimate of drug-likeness (QED) is 0.737. The van der Waals surface area contributed by atoms with E-state index in [9.17, 15) is 18.4 Å². The number of benzene rings is 2. The van der Waals surface area contributed by atoms with Gasteiger partial charge in [-0.15, -0.1) is 0 Å². The molecule has 1 aliphatic carbocycles. The minimum absolute atomic E-state index is 0.0841. The number of hydroxylamine groups is 1. The van der Waals surface area contributed by atoms with Gasteiger partial charge in [0.1, 0.15) is 11.5 Å². The van der Waals surface area contributed by atoms with Crippen molar-refractivity contribution in [1.82, 2.24) is 4.47 Å². The Morgan fingerprint density at radius 2 is 1.59 bits per heavy atom. The van der Waals surface area contributed by atoms with Crippen LogP contribution in [0, 0.1) is 5.92 Å². The Kier molecular flexibility index (Phi) is 5.79. The lowest BCUT2D eigenvalue weighted by molar-refractivity contribution is -0.131. The van der Waals surface area contributed by atoms with Crippen molar-refractivity contribution in [3.8, 4) is 11.5 Å². The van der Waals surface area contributed by atoms with E-state index in [0.717, 1.165) is 12.8 Å². The Morgan fingerprint density at radius 1 is 1.00 bits per heavy atom. The molecule has 7 nitrogen and oxygen atoms in total. The van der Waals surface area contributed by atoms with Crippen molar-refractivity contribution in [3.63, 3.8) is 0 Å². The van der Waals surface area contributed by atoms with Crippen LogP contribution in [0.5, 0.6) is 11.5 Å². The van der Waals surface area contributed by atoms with Crippen LogP contribution in [0.2, 0.25) is 0 Å². The van der Waals surface area contributed by atoms with Crippen LogP contribution in [0.1, 0.15) is 25.7 Å². The van der Waals surface area contributed by atoms with Gasteiger partial charge in [-0.05, 0) is 49.2 Å². The van der Waals surface area contributed by atoms with E-state index in [0.29, 0.717) is 28.8 Å². The summed E-state index contributed by atoms with van der Waals surface area (Å²) in [5, 5.41) is 10.4. The van der Waals surface area contributed by atoms with Crippen LogP contribution in [0.4, 0.5) is 0 Å². The molecule has 27 heavy (non-hydrogen) atoms. The van der Waals surface area contributed by atoms with Crippen LogP contribution >= 0.6 is 0 Å². The van der Waals surface area contributed by atoms with Crippen molar-refractivity contribution in [3.05, 3.63) is 54.6 Å². The number of nitrogens with zero attached hydrogens (tertiary/aromatic N) is 1. The van der Waals surface area contributed by atoms with E-state index in [4.69, 9.17) is 10.5 Å². The lowest BCUT2D eigenvalue weighted by Crippen LogP contribution is -2.48. The summed E-state index contributed by atoms with van der Waals surface area (Å²) in [6, 6.07) is 14.0. The van der Waals surface area contributed by atoms with Crippen molar-refractivity contribution in [2.24, 2.45) is 11.7 Å². The fourth-order valence-electron chi connectivity index (χ4n) is 3.30. The fourth-order valence-corrected chi connectivity index (χ4v) is 4.60. The van der Waals surface area contributed by atoms with E-state index >= 15 is 0 Å². The zero-order valence-electron chi connectivity index (χ0n) is 14.7. The van der Waals surface area contributed by atoms with Crippen LogP contribution in [0.25, 0.3) is 0 Å². The van der Waals surface area contributed by atoms with Gasteiger partial charge in [-0.25, -0.2) is 8.42 Å². The molecule has 0 saturated heterocycles. The first-order valence-corrected chi connectivity index (χ1v) is 10.2. The Bertz CT molecular complexity index is 884. The third kappa shape index (κ3) is 4.29. The summed E-state index contributed by atoms with van der Waals surface area (Å²) >= 11 is 0. The molecule has 2 aromatic rings. The van der Waals surface area contributed by atoms with E-state index in [-0.39, 0.29) is 4.90 Å². The molecule has 1 fully saturated rings. The van der Waals surface area contributed by atoms with Crippen LogP contribution < -0.4 is 10.5 Å². The number of carbonyl (C=O) groups is 1. The number of primary amides is 1. The molecule has 2 aromatic carbocycles. The van der Waals surface area contributed by atoms with Gasteiger partial charge < -0.3 is 10.5 Å². The number of hydrogen-bond donors (Lipinski definition) is 2. The molecule has 0 heterocycles. The standard InChI is InChI=1S/C19H22N2O5S/c20-19(22)17-8-4-5-9-18(17)21(23)27(24,25)16-12-10-15(11-13-16)26-14-6-2-1-3-7-14/h1-3,6-7,10-13,17-18,23H,4-5,8-9H2,(H2,20,22). The maximum atomic E-state index is 12.8. The molecule has 1 aliphatic rings. The number of ether oxygens (including phenoxy) is 1. The Hall–Kier alpha value is -2.42. The minimum Gasteiger partial charge on any atom is -0.457 e. The van der Waals surface area contributed by atoms with E-state index in [2.05, 4.69) is 0 Å². The van der Waals surface area contributed by atoms with Gasteiger partial charge >= 0.3 is 0 Å². The van der Waals surface area contributed by atoms with Gasteiger partial charge in [0.25, 0.3) is 10.0 Å². The van der Waals surface area contributed by atoms with Gasteiger partial charge in [0.2, 0.25) is 5.91 Å². The highest BCUT2D eigenvalue weighted by atomic mass is 32.2. The first-order chi connectivity index (χ1) is 12.9. The summed E-state index contributed by atoms with van der Waals surface area (Å²) in [5.74, 6) is -0.194. The molecule has 0 spiro atoms. The lowest BCUT2D eigenvalue weighted by atomic mass is 9.84. The number of hydrogen-bond acceptors (Lipinski definition) is 5. The molecule has 0 aromatic heterocycles. The van der Waals surface area contributed by atoms with Gasteiger partial charge in [-0.3, -0.25) is 10.0 Å². The predicted molar refractivity (Wildman–Crippen MR) is 98.7 cm³/mol. The molecule has 2 unspecified atom stereocenters. The molecular weight excluding hydrogens is 368 g/mol. The summed E-state index contributed by atoms with van der Waals surface area (Å²) in [5.41, 5.74) is 5.38. The summed E-state index contributed by atoms with van der Waals surface area (Å²) in [6.07, 6.45) is 2.36. The molecule has 3 N–H and O–H groups in total. The number of amides is 1. The minimum atomic E-state index is -4.17. The van der Waals surface area contributed by atoms with Gasteiger partial charge in [0.15, 0.2) is 0 Å². The molecule has 0 aliphatic heterocycles. The van der Waals surface area contributed by atoms with Crippen LogP contribution in [-0.2, 0) is 14.8 Å². The molecule has 3 rings (SSSR count). The Morgan fingerprint density at radius 3 is 2.22 bits per heavy atom. The van der Waals surface area contributed by atoms with Crippen molar-refractivity contribution < 1.29 is 23.2 Å². The first kappa shape index (κ1) is 19.3. The van der Waals surface area contributed by atoms with Gasteiger partial charge in [-0.1, -0.05) is 35.5 Å². The molecule has 144 valence electrons. The summed E-state index contributed by atoms with van der Waals surface area (Å²) in [7, 11) is -4.17. The highest BCUT2D eigenvalue weighted by Gasteiger charge is 2.39. The second-order valence-electron chi connectivity index (χ2n) is 6.52. The highest BCUT2D eigenvalue weighted by molar-refractivity contribution is 7.89. The Balaban J connectivity index is 1.78. The second kappa shape index (κ2) is 8.08. The molecule has 0 bridgehead atoms. The van der Waals surface area contributed by atoms with Crippen LogP contribution in [0.3, 0.4) is 0 Å². The maximum absolute atomic E-state index is 12.8.